The first kappa shape index (κ1) is 11.5. The van der Waals surface area contributed by atoms with Gasteiger partial charge in [0.2, 0.25) is 0 Å². The Kier molecular flexibility index (Phi) is 4.23. The van der Waals surface area contributed by atoms with Crippen molar-refractivity contribution in [3.8, 4) is 0 Å². The van der Waals surface area contributed by atoms with Crippen molar-refractivity contribution in [1.29, 1.82) is 0 Å². The number of anilines is 1. The topological polar surface area (TPSA) is 21.3 Å². The molecule has 2 nitrogen and oxygen atoms in total. The zero-order valence-corrected chi connectivity index (χ0v) is 10.0. The molecule has 0 spiro atoms. The SMILES string of the molecule is CCOCc1ccc(NC2CCCC2)cc1. The van der Waals surface area contributed by atoms with Gasteiger partial charge >= 0.3 is 0 Å². The van der Waals surface area contributed by atoms with Crippen LogP contribution in [0.15, 0.2) is 24.3 Å². The van der Waals surface area contributed by atoms with Crippen LogP contribution in [0.5, 0.6) is 0 Å². The van der Waals surface area contributed by atoms with Crippen LogP contribution in [0.2, 0.25) is 0 Å². The first-order chi connectivity index (χ1) is 7.88. The summed E-state index contributed by atoms with van der Waals surface area (Å²) in [6.07, 6.45) is 5.39. The van der Waals surface area contributed by atoms with Crippen molar-refractivity contribution in [2.45, 2.75) is 45.3 Å². The van der Waals surface area contributed by atoms with Gasteiger partial charge in [0.15, 0.2) is 0 Å². The van der Waals surface area contributed by atoms with Gasteiger partial charge in [-0.2, -0.15) is 0 Å². The average Bonchev–Trinajstić information content (AvgIpc) is 2.81. The fourth-order valence-corrected chi connectivity index (χ4v) is 2.22. The highest BCUT2D eigenvalue weighted by Gasteiger charge is 2.13. The lowest BCUT2D eigenvalue weighted by molar-refractivity contribution is 0.134. The minimum atomic E-state index is 0.692. The molecule has 1 saturated carbocycles. The van der Waals surface area contributed by atoms with E-state index in [0.717, 1.165) is 13.2 Å². The van der Waals surface area contributed by atoms with Crippen molar-refractivity contribution in [2.24, 2.45) is 0 Å². The van der Waals surface area contributed by atoms with Crippen LogP contribution in [-0.4, -0.2) is 12.6 Å². The van der Waals surface area contributed by atoms with Crippen LogP contribution in [0.4, 0.5) is 5.69 Å². The number of hydrogen-bond acceptors (Lipinski definition) is 2. The maximum absolute atomic E-state index is 5.37. The summed E-state index contributed by atoms with van der Waals surface area (Å²) >= 11 is 0. The molecule has 0 amide bonds. The Morgan fingerprint density at radius 2 is 1.88 bits per heavy atom. The largest absolute Gasteiger partial charge is 0.382 e. The van der Waals surface area contributed by atoms with Crippen molar-refractivity contribution in [1.82, 2.24) is 0 Å². The normalized spacial score (nSPS) is 16.6. The molecule has 2 heteroatoms. The van der Waals surface area contributed by atoms with Gasteiger partial charge in [-0.25, -0.2) is 0 Å². The fourth-order valence-electron chi connectivity index (χ4n) is 2.22. The molecule has 1 aromatic carbocycles. The van der Waals surface area contributed by atoms with Gasteiger partial charge in [0.1, 0.15) is 0 Å². The highest BCUT2D eigenvalue weighted by Crippen LogP contribution is 2.22. The van der Waals surface area contributed by atoms with E-state index in [1.54, 1.807) is 0 Å². The maximum Gasteiger partial charge on any atom is 0.0716 e. The second kappa shape index (κ2) is 5.90. The van der Waals surface area contributed by atoms with Crippen molar-refractivity contribution in [2.75, 3.05) is 11.9 Å². The number of nitrogens with one attached hydrogen (secondary N) is 1. The summed E-state index contributed by atoms with van der Waals surface area (Å²) in [5, 5.41) is 3.58. The summed E-state index contributed by atoms with van der Waals surface area (Å²) in [6, 6.07) is 9.30. The van der Waals surface area contributed by atoms with Gasteiger partial charge in [-0.3, -0.25) is 0 Å². The molecule has 0 heterocycles. The first-order valence-electron chi connectivity index (χ1n) is 6.31. The van der Waals surface area contributed by atoms with Crippen LogP contribution in [0, 0.1) is 0 Å². The standard InChI is InChI=1S/C14H21NO/c1-2-16-11-12-7-9-14(10-8-12)15-13-5-3-4-6-13/h7-10,13,15H,2-6,11H2,1H3. The molecule has 0 radical (unpaired) electrons. The summed E-state index contributed by atoms with van der Waals surface area (Å²) in [4.78, 5) is 0. The molecule has 0 unspecified atom stereocenters. The van der Waals surface area contributed by atoms with Crippen LogP contribution in [0.3, 0.4) is 0 Å². The Hall–Kier alpha value is -1.02. The van der Waals surface area contributed by atoms with Gasteiger partial charge in [-0.15, -0.1) is 0 Å². The molecular formula is C14H21NO. The molecular weight excluding hydrogens is 198 g/mol. The third-order valence-electron chi connectivity index (χ3n) is 3.15. The summed E-state index contributed by atoms with van der Waals surface area (Å²) in [5.41, 5.74) is 2.49. The van der Waals surface area contributed by atoms with Crippen LogP contribution >= 0.6 is 0 Å². The van der Waals surface area contributed by atoms with E-state index < -0.39 is 0 Å². The summed E-state index contributed by atoms with van der Waals surface area (Å²) in [5.74, 6) is 0. The predicted molar refractivity (Wildman–Crippen MR) is 67.7 cm³/mol. The summed E-state index contributed by atoms with van der Waals surface area (Å²) in [7, 11) is 0. The zero-order chi connectivity index (χ0) is 11.2. The van der Waals surface area contributed by atoms with Crippen LogP contribution < -0.4 is 5.32 Å². The lowest BCUT2D eigenvalue weighted by Gasteiger charge is -2.13. The van der Waals surface area contributed by atoms with Gasteiger partial charge in [-0.1, -0.05) is 25.0 Å². The molecule has 88 valence electrons. The highest BCUT2D eigenvalue weighted by atomic mass is 16.5. The van der Waals surface area contributed by atoms with Gasteiger partial charge < -0.3 is 10.1 Å². The van der Waals surface area contributed by atoms with E-state index in [4.69, 9.17) is 4.74 Å². The van der Waals surface area contributed by atoms with E-state index in [0.29, 0.717) is 6.04 Å². The van der Waals surface area contributed by atoms with Crippen molar-refractivity contribution in [3.63, 3.8) is 0 Å². The van der Waals surface area contributed by atoms with Gasteiger partial charge in [0.05, 0.1) is 6.61 Å². The summed E-state index contributed by atoms with van der Waals surface area (Å²) in [6.45, 7) is 3.53. The van der Waals surface area contributed by atoms with Crippen molar-refractivity contribution in [3.05, 3.63) is 29.8 Å². The van der Waals surface area contributed by atoms with Crippen LogP contribution in [-0.2, 0) is 11.3 Å². The van der Waals surface area contributed by atoms with E-state index >= 15 is 0 Å². The molecule has 0 bridgehead atoms. The molecule has 1 aliphatic carbocycles. The Morgan fingerprint density at radius 1 is 1.19 bits per heavy atom. The predicted octanol–water partition coefficient (Wildman–Crippen LogP) is 3.58. The van der Waals surface area contributed by atoms with Gasteiger partial charge in [0, 0.05) is 18.3 Å². The molecule has 0 aromatic heterocycles. The smallest absolute Gasteiger partial charge is 0.0716 e. The molecule has 1 aromatic rings. The van der Waals surface area contributed by atoms with Crippen LogP contribution in [0.1, 0.15) is 38.2 Å². The second-order valence-electron chi connectivity index (χ2n) is 4.46. The van der Waals surface area contributed by atoms with E-state index in [1.807, 2.05) is 6.92 Å². The van der Waals surface area contributed by atoms with Crippen molar-refractivity contribution < 1.29 is 4.74 Å². The van der Waals surface area contributed by atoms with E-state index in [9.17, 15) is 0 Å². The molecule has 1 N–H and O–H groups in total. The second-order valence-corrected chi connectivity index (χ2v) is 4.46. The number of benzene rings is 1. The lowest BCUT2D eigenvalue weighted by atomic mass is 10.2. The lowest BCUT2D eigenvalue weighted by Crippen LogP contribution is -2.14. The molecule has 1 fully saturated rings. The first-order valence-corrected chi connectivity index (χ1v) is 6.31. The molecule has 0 atom stereocenters. The van der Waals surface area contributed by atoms with Gasteiger partial charge in [-0.05, 0) is 37.5 Å². The average molecular weight is 219 g/mol. The fraction of sp³-hybridized carbons (Fsp3) is 0.571. The van der Waals surface area contributed by atoms with E-state index in [1.165, 1.54) is 36.9 Å². The molecule has 0 aliphatic heterocycles. The third kappa shape index (κ3) is 3.24. The number of rotatable bonds is 5. The summed E-state index contributed by atoms with van der Waals surface area (Å²) < 4.78 is 5.37. The monoisotopic (exact) mass is 219 g/mol. The van der Waals surface area contributed by atoms with Crippen molar-refractivity contribution >= 4 is 5.69 Å². The Balaban J connectivity index is 1.86. The Bertz CT molecular complexity index is 301. The quantitative estimate of drug-likeness (QED) is 0.817. The minimum Gasteiger partial charge on any atom is -0.382 e. The minimum absolute atomic E-state index is 0.692. The molecule has 0 saturated heterocycles. The van der Waals surface area contributed by atoms with E-state index in [-0.39, 0.29) is 0 Å². The Morgan fingerprint density at radius 3 is 2.50 bits per heavy atom. The number of hydrogen-bond donors (Lipinski definition) is 1. The van der Waals surface area contributed by atoms with Crippen LogP contribution in [0.25, 0.3) is 0 Å². The maximum atomic E-state index is 5.37. The third-order valence-corrected chi connectivity index (χ3v) is 3.15. The van der Waals surface area contributed by atoms with Gasteiger partial charge in [0.25, 0.3) is 0 Å². The highest BCUT2D eigenvalue weighted by molar-refractivity contribution is 5.45. The molecule has 1 aliphatic rings. The molecule has 16 heavy (non-hydrogen) atoms. The van der Waals surface area contributed by atoms with E-state index in [2.05, 4.69) is 29.6 Å². The number of ether oxygens (including phenoxy) is 1. The molecule has 2 rings (SSSR count). The Labute approximate surface area is 98.0 Å². The zero-order valence-electron chi connectivity index (χ0n) is 10.0.